The van der Waals surface area contributed by atoms with Crippen LogP contribution in [0.5, 0.6) is 0 Å². The Balaban J connectivity index is 3.33. The number of benzene rings is 1. The van der Waals surface area contributed by atoms with E-state index >= 15 is 0 Å². The first kappa shape index (κ1) is 12.5. The molecule has 3 nitrogen and oxygen atoms in total. The van der Waals surface area contributed by atoms with Crippen molar-refractivity contribution in [3.63, 3.8) is 0 Å². The number of rotatable bonds is 3. The van der Waals surface area contributed by atoms with Gasteiger partial charge in [-0.15, -0.1) is 11.6 Å². The molecule has 16 heavy (non-hydrogen) atoms. The van der Waals surface area contributed by atoms with Crippen molar-refractivity contribution in [3.8, 4) is 6.07 Å². The van der Waals surface area contributed by atoms with Gasteiger partial charge in [0.1, 0.15) is 0 Å². The van der Waals surface area contributed by atoms with E-state index in [0.717, 1.165) is 0 Å². The van der Waals surface area contributed by atoms with Gasteiger partial charge in [-0.2, -0.15) is 5.26 Å². The minimum atomic E-state index is -0.423. The Morgan fingerprint density at radius 1 is 1.56 bits per heavy atom. The van der Waals surface area contributed by atoms with Gasteiger partial charge in [-0.1, -0.05) is 6.07 Å². The zero-order chi connectivity index (χ0) is 12.1. The Morgan fingerprint density at radius 2 is 2.25 bits per heavy atom. The molecule has 0 unspecified atom stereocenters. The van der Waals surface area contributed by atoms with Gasteiger partial charge in [0, 0.05) is 5.88 Å². The molecule has 0 saturated carbocycles. The molecule has 0 saturated heterocycles. The number of hydrogen-bond acceptors (Lipinski definition) is 3. The smallest absolute Gasteiger partial charge is 0.338 e. The lowest BCUT2D eigenvalue weighted by Gasteiger charge is -2.10. The van der Waals surface area contributed by atoms with E-state index < -0.39 is 5.97 Å². The predicted octanol–water partition coefficient (Wildman–Crippen LogP) is 2.78. The quantitative estimate of drug-likeness (QED) is 0.600. The van der Waals surface area contributed by atoms with Crippen LogP contribution in [-0.4, -0.2) is 12.6 Å². The van der Waals surface area contributed by atoms with Crippen molar-refractivity contribution in [1.82, 2.24) is 0 Å². The normalized spacial score (nSPS) is 9.62. The number of ether oxygens (including phenoxy) is 1. The minimum absolute atomic E-state index is 0.223. The summed E-state index contributed by atoms with van der Waals surface area (Å²) in [5, 5.41) is 8.88. The summed E-state index contributed by atoms with van der Waals surface area (Å²) in [5.41, 5.74) is 2.20. The lowest BCUT2D eigenvalue weighted by Crippen LogP contribution is -2.10. The van der Waals surface area contributed by atoms with E-state index in [2.05, 4.69) is 0 Å². The van der Waals surface area contributed by atoms with Crippen LogP contribution in [0.2, 0.25) is 0 Å². The van der Waals surface area contributed by atoms with E-state index in [1.807, 2.05) is 6.07 Å². The molecule has 0 fully saturated rings. The third kappa shape index (κ3) is 2.34. The van der Waals surface area contributed by atoms with Crippen molar-refractivity contribution in [2.75, 3.05) is 6.61 Å². The molecule has 4 heteroatoms. The summed E-state index contributed by atoms with van der Waals surface area (Å²) >= 11 is 5.75. The van der Waals surface area contributed by atoms with Gasteiger partial charge >= 0.3 is 5.97 Å². The number of carbonyl (C=O) groups excluding carboxylic acids is 1. The van der Waals surface area contributed by atoms with Crippen LogP contribution in [0.4, 0.5) is 0 Å². The number of hydrogen-bond donors (Lipinski definition) is 0. The van der Waals surface area contributed by atoms with Crippen molar-refractivity contribution in [2.45, 2.75) is 19.7 Å². The van der Waals surface area contributed by atoms with E-state index in [1.165, 1.54) is 0 Å². The maximum Gasteiger partial charge on any atom is 0.338 e. The monoisotopic (exact) mass is 237 g/mol. The Hall–Kier alpha value is -1.53. The molecule has 0 heterocycles. The van der Waals surface area contributed by atoms with Crippen molar-refractivity contribution >= 4 is 17.6 Å². The molecule has 1 rings (SSSR count). The van der Waals surface area contributed by atoms with Gasteiger partial charge in [0.25, 0.3) is 0 Å². The van der Waals surface area contributed by atoms with Crippen LogP contribution >= 0.6 is 11.6 Å². The first-order valence-electron chi connectivity index (χ1n) is 4.91. The lowest BCUT2D eigenvalue weighted by atomic mass is 9.98. The standard InChI is InChI=1S/C12H12ClNO2/c1-3-16-12(15)11-8(2)10(7-14)5-4-9(11)6-13/h4-5H,3,6H2,1-2H3. The molecule has 0 aromatic heterocycles. The summed E-state index contributed by atoms with van der Waals surface area (Å²) in [6.45, 7) is 3.76. The van der Waals surface area contributed by atoms with Crippen molar-refractivity contribution in [2.24, 2.45) is 0 Å². The Morgan fingerprint density at radius 3 is 2.75 bits per heavy atom. The second kappa shape index (κ2) is 5.53. The highest BCUT2D eigenvalue weighted by Gasteiger charge is 2.17. The molecule has 0 aliphatic carbocycles. The van der Waals surface area contributed by atoms with Gasteiger partial charge in [-0.25, -0.2) is 4.79 Å². The van der Waals surface area contributed by atoms with E-state index in [0.29, 0.717) is 28.9 Å². The van der Waals surface area contributed by atoms with E-state index in [4.69, 9.17) is 21.6 Å². The minimum Gasteiger partial charge on any atom is -0.462 e. The van der Waals surface area contributed by atoms with Crippen molar-refractivity contribution < 1.29 is 9.53 Å². The number of esters is 1. The number of carbonyl (C=O) groups is 1. The van der Waals surface area contributed by atoms with Crippen LogP contribution < -0.4 is 0 Å². The third-order valence-electron chi connectivity index (χ3n) is 2.30. The summed E-state index contributed by atoms with van der Waals surface area (Å²) in [6, 6.07) is 5.38. The number of nitrogens with zero attached hydrogens (tertiary/aromatic N) is 1. The average molecular weight is 238 g/mol. The SMILES string of the molecule is CCOC(=O)c1c(CCl)ccc(C#N)c1C. The molecule has 0 radical (unpaired) electrons. The maximum absolute atomic E-state index is 11.7. The highest BCUT2D eigenvalue weighted by atomic mass is 35.5. The zero-order valence-electron chi connectivity index (χ0n) is 9.21. The summed E-state index contributed by atoms with van der Waals surface area (Å²) < 4.78 is 4.94. The van der Waals surface area contributed by atoms with Crippen LogP contribution in [0.1, 0.15) is 34.0 Å². The van der Waals surface area contributed by atoms with Gasteiger partial charge in [0.15, 0.2) is 0 Å². The molecule has 0 spiro atoms. The van der Waals surface area contributed by atoms with Gasteiger partial charge < -0.3 is 4.74 Å². The molecular formula is C12H12ClNO2. The molecule has 0 bridgehead atoms. The summed E-state index contributed by atoms with van der Waals surface area (Å²) in [5.74, 6) is -0.200. The van der Waals surface area contributed by atoms with E-state index in [-0.39, 0.29) is 5.88 Å². The highest BCUT2D eigenvalue weighted by Crippen LogP contribution is 2.21. The van der Waals surface area contributed by atoms with Gasteiger partial charge in [-0.05, 0) is 31.0 Å². The summed E-state index contributed by atoms with van der Waals surface area (Å²) in [4.78, 5) is 11.7. The van der Waals surface area contributed by atoms with Gasteiger partial charge in [0.05, 0.1) is 23.8 Å². The lowest BCUT2D eigenvalue weighted by molar-refractivity contribution is 0.0524. The average Bonchev–Trinajstić information content (AvgIpc) is 2.28. The van der Waals surface area contributed by atoms with Gasteiger partial charge in [0.2, 0.25) is 0 Å². The molecule has 1 aromatic rings. The molecular weight excluding hydrogens is 226 g/mol. The van der Waals surface area contributed by atoms with Crippen LogP contribution in [0.3, 0.4) is 0 Å². The first-order valence-corrected chi connectivity index (χ1v) is 5.44. The Bertz CT molecular complexity index is 449. The topological polar surface area (TPSA) is 50.1 Å². The first-order chi connectivity index (χ1) is 7.65. The molecule has 0 aliphatic rings. The number of alkyl halides is 1. The van der Waals surface area contributed by atoms with Crippen molar-refractivity contribution in [1.29, 1.82) is 5.26 Å². The fourth-order valence-electron chi connectivity index (χ4n) is 1.49. The second-order valence-corrected chi connectivity index (χ2v) is 3.51. The molecule has 0 amide bonds. The van der Waals surface area contributed by atoms with E-state index in [9.17, 15) is 4.79 Å². The predicted molar refractivity (Wildman–Crippen MR) is 61.4 cm³/mol. The molecule has 84 valence electrons. The Labute approximate surface area is 99.6 Å². The molecule has 0 atom stereocenters. The van der Waals surface area contributed by atoms with Gasteiger partial charge in [-0.3, -0.25) is 0 Å². The van der Waals surface area contributed by atoms with Crippen LogP contribution in [0.15, 0.2) is 12.1 Å². The molecule has 1 aromatic carbocycles. The summed E-state index contributed by atoms with van der Waals surface area (Å²) in [7, 11) is 0. The number of halogens is 1. The van der Waals surface area contributed by atoms with E-state index in [1.54, 1.807) is 26.0 Å². The second-order valence-electron chi connectivity index (χ2n) is 3.24. The Kier molecular flexibility index (Phi) is 4.33. The van der Waals surface area contributed by atoms with Crippen LogP contribution in [-0.2, 0) is 10.6 Å². The maximum atomic E-state index is 11.7. The molecule has 0 N–H and O–H groups in total. The number of nitriles is 1. The largest absolute Gasteiger partial charge is 0.462 e. The highest BCUT2D eigenvalue weighted by molar-refractivity contribution is 6.17. The molecule has 0 aliphatic heterocycles. The zero-order valence-corrected chi connectivity index (χ0v) is 9.97. The fourth-order valence-corrected chi connectivity index (χ4v) is 1.71. The summed E-state index contributed by atoms with van der Waals surface area (Å²) in [6.07, 6.45) is 0. The van der Waals surface area contributed by atoms with Crippen molar-refractivity contribution in [3.05, 3.63) is 34.4 Å². The van der Waals surface area contributed by atoms with Crippen LogP contribution in [0, 0.1) is 18.3 Å². The fraction of sp³-hybridized carbons (Fsp3) is 0.333. The third-order valence-corrected chi connectivity index (χ3v) is 2.58. The van der Waals surface area contributed by atoms with Crippen LogP contribution in [0.25, 0.3) is 0 Å².